The molecule has 0 amide bonds. The smallest absolute Gasteiger partial charge is 0.126 e. The number of allylic oxidation sites excluding steroid dienone is 4. The van der Waals surface area contributed by atoms with Crippen molar-refractivity contribution in [2.45, 2.75) is 39.5 Å². The lowest BCUT2D eigenvalue weighted by atomic mass is 9.85. The van der Waals surface area contributed by atoms with Crippen LogP contribution >= 0.6 is 0 Å². The molecule has 1 aliphatic carbocycles. The van der Waals surface area contributed by atoms with Gasteiger partial charge < -0.3 is 4.79 Å². The molecule has 0 aromatic carbocycles. The fraction of sp³-hybridized carbons (Fsp3) is 0.615. The first kappa shape index (κ1) is 11.2. The number of hydrogen-bond acceptors (Lipinski definition) is 1. The number of carbonyl (C=O) groups is 1. The van der Waals surface area contributed by atoms with E-state index in [9.17, 15) is 4.79 Å². The third-order valence-corrected chi connectivity index (χ3v) is 3.06. The standard InChI is InChI=1S/C13H20O/c1-3-11(4-2)9-12-5-7-13(10-14)8-6-12/h3,5,7,10,12-13H,4,6,8-9H2,1-2H3. The van der Waals surface area contributed by atoms with Gasteiger partial charge in [0.2, 0.25) is 0 Å². The zero-order valence-corrected chi connectivity index (χ0v) is 9.20. The van der Waals surface area contributed by atoms with Gasteiger partial charge in [0.25, 0.3) is 0 Å². The first-order valence-electron chi connectivity index (χ1n) is 5.57. The lowest BCUT2D eigenvalue weighted by molar-refractivity contribution is -0.110. The average molecular weight is 192 g/mol. The summed E-state index contributed by atoms with van der Waals surface area (Å²) in [5.41, 5.74) is 1.53. The summed E-state index contributed by atoms with van der Waals surface area (Å²) >= 11 is 0. The monoisotopic (exact) mass is 192 g/mol. The fourth-order valence-electron chi connectivity index (χ4n) is 1.99. The Morgan fingerprint density at radius 2 is 2.21 bits per heavy atom. The Labute approximate surface area is 86.9 Å². The van der Waals surface area contributed by atoms with Crippen LogP contribution in [0.4, 0.5) is 0 Å². The van der Waals surface area contributed by atoms with Gasteiger partial charge >= 0.3 is 0 Å². The number of hydrogen-bond donors (Lipinski definition) is 0. The van der Waals surface area contributed by atoms with E-state index in [0.29, 0.717) is 5.92 Å². The van der Waals surface area contributed by atoms with Crippen molar-refractivity contribution in [3.8, 4) is 0 Å². The number of aldehydes is 1. The van der Waals surface area contributed by atoms with Crippen LogP contribution in [0.15, 0.2) is 23.8 Å². The van der Waals surface area contributed by atoms with Gasteiger partial charge in [-0.3, -0.25) is 0 Å². The normalized spacial score (nSPS) is 27.7. The SMILES string of the molecule is CC=C(CC)CC1C=CC(C=O)CC1. The summed E-state index contributed by atoms with van der Waals surface area (Å²) in [6.07, 6.45) is 12.1. The molecule has 1 rings (SSSR count). The van der Waals surface area contributed by atoms with Crippen LogP contribution in [0.1, 0.15) is 39.5 Å². The van der Waals surface area contributed by atoms with Gasteiger partial charge in [0, 0.05) is 5.92 Å². The molecule has 0 bridgehead atoms. The Morgan fingerprint density at radius 1 is 1.43 bits per heavy atom. The number of rotatable bonds is 4. The maximum atomic E-state index is 10.5. The zero-order valence-electron chi connectivity index (χ0n) is 9.20. The highest BCUT2D eigenvalue weighted by Gasteiger charge is 2.15. The first-order valence-corrected chi connectivity index (χ1v) is 5.57. The highest BCUT2D eigenvalue weighted by molar-refractivity contribution is 5.56. The van der Waals surface area contributed by atoms with E-state index in [-0.39, 0.29) is 5.92 Å². The Bertz CT molecular complexity index is 238. The van der Waals surface area contributed by atoms with E-state index in [4.69, 9.17) is 0 Å². The number of carbonyl (C=O) groups excluding carboxylic acids is 1. The van der Waals surface area contributed by atoms with Crippen molar-refractivity contribution in [3.63, 3.8) is 0 Å². The molecule has 14 heavy (non-hydrogen) atoms. The third-order valence-electron chi connectivity index (χ3n) is 3.06. The van der Waals surface area contributed by atoms with E-state index in [2.05, 4.69) is 32.1 Å². The van der Waals surface area contributed by atoms with Gasteiger partial charge in [0.05, 0.1) is 0 Å². The Hall–Kier alpha value is -0.850. The molecule has 0 heterocycles. The van der Waals surface area contributed by atoms with Crippen LogP contribution < -0.4 is 0 Å². The maximum Gasteiger partial charge on any atom is 0.126 e. The summed E-state index contributed by atoms with van der Waals surface area (Å²) in [5.74, 6) is 0.847. The van der Waals surface area contributed by atoms with E-state index in [1.165, 1.54) is 12.0 Å². The van der Waals surface area contributed by atoms with Crippen LogP contribution in [-0.2, 0) is 4.79 Å². The van der Waals surface area contributed by atoms with Gasteiger partial charge in [-0.1, -0.05) is 30.7 Å². The first-order chi connectivity index (χ1) is 6.80. The molecule has 0 N–H and O–H groups in total. The third kappa shape index (κ3) is 3.13. The van der Waals surface area contributed by atoms with E-state index in [0.717, 1.165) is 25.5 Å². The van der Waals surface area contributed by atoms with E-state index >= 15 is 0 Å². The quantitative estimate of drug-likeness (QED) is 0.492. The van der Waals surface area contributed by atoms with Crippen LogP contribution in [0, 0.1) is 11.8 Å². The topological polar surface area (TPSA) is 17.1 Å². The van der Waals surface area contributed by atoms with Crippen LogP contribution in [0.5, 0.6) is 0 Å². The van der Waals surface area contributed by atoms with Crippen molar-refractivity contribution >= 4 is 6.29 Å². The Morgan fingerprint density at radius 3 is 2.64 bits per heavy atom. The van der Waals surface area contributed by atoms with Gasteiger partial charge in [-0.15, -0.1) is 0 Å². The minimum absolute atomic E-state index is 0.182. The molecule has 0 radical (unpaired) electrons. The molecule has 0 aromatic heterocycles. The molecule has 78 valence electrons. The molecule has 1 heteroatoms. The van der Waals surface area contributed by atoms with Gasteiger partial charge in [-0.05, 0) is 38.5 Å². The van der Waals surface area contributed by atoms with Crippen LogP contribution in [-0.4, -0.2) is 6.29 Å². The molecule has 0 saturated heterocycles. The molecule has 0 fully saturated rings. The summed E-state index contributed by atoms with van der Waals surface area (Å²) in [4.78, 5) is 10.5. The summed E-state index contributed by atoms with van der Waals surface area (Å²) in [6, 6.07) is 0. The summed E-state index contributed by atoms with van der Waals surface area (Å²) in [5, 5.41) is 0. The van der Waals surface area contributed by atoms with E-state index < -0.39 is 0 Å². The second-order valence-corrected chi connectivity index (χ2v) is 4.03. The molecule has 1 aliphatic rings. The van der Waals surface area contributed by atoms with Gasteiger partial charge in [-0.2, -0.15) is 0 Å². The summed E-state index contributed by atoms with van der Waals surface area (Å²) in [7, 11) is 0. The summed E-state index contributed by atoms with van der Waals surface area (Å²) in [6.45, 7) is 4.32. The molecular weight excluding hydrogens is 172 g/mol. The average Bonchev–Trinajstić information content (AvgIpc) is 2.26. The zero-order chi connectivity index (χ0) is 10.4. The van der Waals surface area contributed by atoms with E-state index in [1.807, 2.05) is 0 Å². The van der Waals surface area contributed by atoms with Crippen molar-refractivity contribution in [1.29, 1.82) is 0 Å². The van der Waals surface area contributed by atoms with Crippen LogP contribution in [0.2, 0.25) is 0 Å². The van der Waals surface area contributed by atoms with Crippen LogP contribution in [0.3, 0.4) is 0 Å². The largest absolute Gasteiger partial charge is 0.303 e. The van der Waals surface area contributed by atoms with Crippen molar-refractivity contribution < 1.29 is 4.79 Å². The van der Waals surface area contributed by atoms with Crippen molar-refractivity contribution in [2.75, 3.05) is 0 Å². The molecule has 0 spiro atoms. The Kier molecular flexibility index (Phi) is 4.64. The molecule has 1 nitrogen and oxygen atoms in total. The molecular formula is C13H20O. The minimum Gasteiger partial charge on any atom is -0.303 e. The predicted molar refractivity (Wildman–Crippen MR) is 60.1 cm³/mol. The Balaban J connectivity index is 2.45. The maximum absolute atomic E-state index is 10.5. The summed E-state index contributed by atoms with van der Waals surface area (Å²) < 4.78 is 0. The fourth-order valence-corrected chi connectivity index (χ4v) is 1.99. The lowest BCUT2D eigenvalue weighted by Crippen LogP contribution is -2.10. The second-order valence-electron chi connectivity index (χ2n) is 4.03. The lowest BCUT2D eigenvalue weighted by Gasteiger charge is -2.20. The second kappa shape index (κ2) is 5.79. The van der Waals surface area contributed by atoms with Crippen molar-refractivity contribution in [2.24, 2.45) is 11.8 Å². The van der Waals surface area contributed by atoms with Crippen LogP contribution in [0.25, 0.3) is 0 Å². The molecule has 0 aliphatic heterocycles. The highest BCUT2D eigenvalue weighted by atomic mass is 16.1. The van der Waals surface area contributed by atoms with E-state index in [1.54, 1.807) is 0 Å². The molecule has 2 unspecified atom stereocenters. The van der Waals surface area contributed by atoms with Crippen molar-refractivity contribution in [1.82, 2.24) is 0 Å². The minimum atomic E-state index is 0.182. The van der Waals surface area contributed by atoms with Crippen molar-refractivity contribution in [3.05, 3.63) is 23.8 Å². The highest BCUT2D eigenvalue weighted by Crippen LogP contribution is 2.26. The van der Waals surface area contributed by atoms with Gasteiger partial charge in [-0.25, -0.2) is 0 Å². The molecule has 2 atom stereocenters. The molecule has 0 saturated carbocycles. The predicted octanol–water partition coefficient (Wildman–Crippen LogP) is 3.51. The van der Waals surface area contributed by atoms with Gasteiger partial charge in [0.1, 0.15) is 6.29 Å². The van der Waals surface area contributed by atoms with Gasteiger partial charge in [0.15, 0.2) is 0 Å². The molecule has 0 aromatic rings.